The predicted octanol–water partition coefficient (Wildman–Crippen LogP) is 6.18. The van der Waals surface area contributed by atoms with E-state index in [0.29, 0.717) is 16.9 Å². The minimum Gasteiger partial charge on any atom is -0.397 e. The van der Waals surface area contributed by atoms with Crippen LogP contribution in [0.5, 0.6) is 0 Å². The van der Waals surface area contributed by atoms with Gasteiger partial charge in [0, 0.05) is 27.2 Å². The number of benzene rings is 3. The second kappa shape index (κ2) is 9.02. The lowest BCUT2D eigenvalue weighted by molar-refractivity contribution is 0.102. The molecule has 3 N–H and O–H groups in total. The number of hydrogen-bond acceptors (Lipinski definition) is 4. The molecule has 1 aromatic heterocycles. The van der Waals surface area contributed by atoms with Crippen LogP contribution in [0.25, 0.3) is 11.1 Å². The summed E-state index contributed by atoms with van der Waals surface area (Å²) in [5.41, 5.74) is 10.2. The number of carbonyl (C=O) groups is 1. The van der Waals surface area contributed by atoms with Gasteiger partial charge in [-0.2, -0.15) is 0 Å². The maximum Gasteiger partial charge on any atom is 0.255 e. The topological polar surface area (TPSA) is 68.0 Å². The normalized spacial score (nSPS) is 10.6. The molecule has 31 heavy (non-hydrogen) atoms. The van der Waals surface area contributed by atoms with Crippen molar-refractivity contribution in [3.63, 3.8) is 0 Å². The van der Waals surface area contributed by atoms with Gasteiger partial charge in [-0.3, -0.25) is 9.78 Å². The van der Waals surface area contributed by atoms with E-state index in [1.54, 1.807) is 48.2 Å². The maximum atomic E-state index is 13.2. The molecule has 0 aliphatic rings. The molecule has 1 amide bonds. The fourth-order valence-electron chi connectivity index (χ4n) is 3.01. The minimum atomic E-state index is -0.298. The van der Waals surface area contributed by atoms with Crippen molar-refractivity contribution in [1.82, 2.24) is 4.98 Å². The van der Waals surface area contributed by atoms with Crippen molar-refractivity contribution in [3.05, 3.63) is 102 Å². The van der Waals surface area contributed by atoms with E-state index in [9.17, 15) is 9.18 Å². The molecule has 0 atom stereocenters. The molecule has 0 saturated carbocycles. The van der Waals surface area contributed by atoms with Crippen LogP contribution in [0.3, 0.4) is 0 Å². The number of nitrogens with zero attached hydrogens (tertiary/aromatic N) is 1. The van der Waals surface area contributed by atoms with E-state index in [2.05, 4.69) is 10.3 Å². The Morgan fingerprint density at radius 3 is 2.26 bits per heavy atom. The Morgan fingerprint density at radius 2 is 1.58 bits per heavy atom. The molecule has 0 spiro atoms. The highest BCUT2D eigenvalue weighted by Crippen LogP contribution is 2.29. The number of nitrogen functional groups attached to an aromatic ring is 1. The zero-order valence-corrected chi connectivity index (χ0v) is 17.6. The molecule has 0 saturated heterocycles. The lowest BCUT2D eigenvalue weighted by atomic mass is 10.0. The Balaban J connectivity index is 1.48. The van der Waals surface area contributed by atoms with Crippen LogP contribution in [0, 0.1) is 12.7 Å². The van der Waals surface area contributed by atoms with Gasteiger partial charge in [-0.05, 0) is 78.7 Å². The van der Waals surface area contributed by atoms with Crippen molar-refractivity contribution < 1.29 is 9.18 Å². The molecule has 6 heteroatoms. The maximum absolute atomic E-state index is 13.2. The summed E-state index contributed by atoms with van der Waals surface area (Å²) in [7, 11) is 0. The summed E-state index contributed by atoms with van der Waals surface area (Å²) in [5, 5.41) is 2.87. The third-order valence-corrected chi connectivity index (χ3v) is 5.70. The molecule has 4 nitrogen and oxygen atoms in total. The largest absolute Gasteiger partial charge is 0.397 e. The van der Waals surface area contributed by atoms with Gasteiger partial charge < -0.3 is 11.1 Å². The number of carbonyl (C=O) groups excluding carboxylic acids is 1. The lowest BCUT2D eigenvalue weighted by Crippen LogP contribution is -2.13. The van der Waals surface area contributed by atoms with E-state index in [4.69, 9.17) is 5.73 Å². The first kappa shape index (κ1) is 20.6. The number of pyridine rings is 1. The van der Waals surface area contributed by atoms with E-state index in [0.717, 1.165) is 26.6 Å². The SMILES string of the molecule is Cc1ccc(Sc2ccc(C(=O)Nc3cc(-c4ccc(F)cc4)ccc3N)cc2)cn1. The minimum absolute atomic E-state index is 0.253. The van der Waals surface area contributed by atoms with E-state index in [1.807, 2.05) is 43.5 Å². The molecule has 1 heterocycles. The summed E-state index contributed by atoms with van der Waals surface area (Å²) >= 11 is 1.58. The van der Waals surface area contributed by atoms with Gasteiger partial charge in [-0.25, -0.2) is 4.39 Å². The Bertz CT molecular complexity index is 1210. The molecule has 0 aliphatic carbocycles. The number of aromatic nitrogens is 1. The van der Waals surface area contributed by atoms with E-state index in [-0.39, 0.29) is 11.7 Å². The van der Waals surface area contributed by atoms with Gasteiger partial charge in [0.05, 0.1) is 11.4 Å². The van der Waals surface area contributed by atoms with Crippen LogP contribution in [-0.4, -0.2) is 10.9 Å². The Kier molecular flexibility index (Phi) is 6.00. The molecule has 0 aliphatic heterocycles. The Hall–Kier alpha value is -3.64. The van der Waals surface area contributed by atoms with Crippen molar-refractivity contribution >= 4 is 29.0 Å². The van der Waals surface area contributed by atoms with Crippen LogP contribution in [-0.2, 0) is 0 Å². The number of hydrogen-bond donors (Lipinski definition) is 2. The summed E-state index contributed by atoms with van der Waals surface area (Å²) < 4.78 is 13.2. The van der Waals surface area contributed by atoms with E-state index in [1.165, 1.54) is 12.1 Å². The summed E-state index contributed by atoms with van der Waals surface area (Å²) in [6.45, 7) is 1.95. The van der Waals surface area contributed by atoms with Gasteiger partial charge in [0.15, 0.2) is 0 Å². The smallest absolute Gasteiger partial charge is 0.255 e. The standard InChI is InChI=1S/C25H20FN3OS/c1-16-2-10-22(15-28-16)31-21-11-5-18(6-12-21)25(30)29-24-14-19(7-13-23(24)27)17-3-8-20(26)9-4-17/h2-15H,27H2,1H3,(H,29,30). The zero-order valence-electron chi connectivity index (χ0n) is 16.8. The van der Waals surface area contributed by atoms with Crippen LogP contribution in [0.15, 0.2) is 94.9 Å². The monoisotopic (exact) mass is 429 g/mol. The van der Waals surface area contributed by atoms with E-state index < -0.39 is 0 Å². The first-order chi connectivity index (χ1) is 15.0. The highest BCUT2D eigenvalue weighted by atomic mass is 32.2. The average Bonchev–Trinajstić information content (AvgIpc) is 2.78. The predicted molar refractivity (Wildman–Crippen MR) is 124 cm³/mol. The Labute approximate surface area is 184 Å². The van der Waals surface area contributed by atoms with Gasteiger partial charge in [0.25, 0.3) is 5.91 Å². The number of aryl methyl sites for hydroxylation is 1. The number of nitrogens with one attached hydrogen (secondary N) is 1. The fourth-order valence-corrected chi connectivity index (χ4v) is 3.79. The van der Waals surface area contributed by atoms with Gasteiger partial charge in [-0.1, -0.05) is 30.0 Å². The van der Waals surface area contributed by atoms with Crippen molar-refractivity contribution in [3.8, 4) is 11.1 Å². The molecular formula is C25H20FN3OS. The average molecular weight is 430 g/mol. The van der Waals surface area contributed by atoms with Crippen molar-refractivity contribution in [2.45, 2.75) is 16.7 Å². The zero-order chi connectivity index (χ0) is 21.8. The van der Waals surface area contributed by atoms with Crippen LogP contribution >= 0.6 is 11.8 Å². The molecular weight excluding hydrogens is 409 g/mol. The highest BCUT2D eigenvalue weighted by Gasteiger charge is 2.10. The molecule has 0 bridgehead atoms. The van der Waals surface area contributed by atoms with Crippen LogP contribution < -0.4 is 11.1 Å². The number of anilines is 2. The van der Waals surface area contributed by atoms with Gasteiger partial charge in [-0.15, -0.1) is 0 Å². The van der Waals surface area contributed by atoms with Crippen LogP contribution in [0.2, 0.25) is 0 Å². The molecule has 3 aromatic carbocycles. The second-order valence-corrected chi connectivity index (χ2v) is 8.17. The number of halogens is 1. The quantitative estimate of drug-likeness (QED) is 0.372. The summed E-state index contributed by atoms with van der Waals surface area (Å²) in [6.07, 6.45) is 1.83. The summed E-state index contributed by atoms with van der Waals surface area (Å²) in [6, 6.07) is 22.9. The second-order valence-electron chi connectivity index (χ2n) is 7.02. The molecule has 4 rings (SSSR count). The van der Waals surface area contributed by atoms with Crippen LogP contribution in [0.1, 0.15) is 16.1 Å². The van der Waals surface area contributed by atoms with E-state index >= 15 is 0 Å². The summed E-state index contributed by atoms with van der Waals surface area (Å²) in [5.74, 6) is -0.551. The molecule has 0 fully saturated rings. The van der Waals surface area contributed by atoms with Crippen molar-refractivity contribution in [2.24, 2.45) is 0 Å². The molecule has 154 valence electrons. The highest BCUT2D eigenvalue weighted by molar-refractivity contribution is 7.99. The van der Waals surface area contributed by atoms with Crippen molar-refractivity contribution in [1.29, 1.82) is 0 Å². The van der Waals surface area contributed by atoms with Crippen LogP contribution in [0.4, 0.5) is 15.8 Å². The number of rotatable bonds is 5. The third-order valence-electron chi connectivity index (χ3n) is 4.72. The first-order valence-electron chi connectivity index (χ1n) is 9.65. The molecule has 0 unspecified atom stereocenters. The summed E-state index contributed by atoms with van der Waals surface area (Å²) in [4.78, 5) is 19.1. The first-order valence-corrected chi connectivity index (χ1v) is 10.5. The molecule has 0 radical (unpaired) electrons. The third kappa shape index (κ3) is 5.10. The fraction of sp³-hybridized carbons (Fsp3) is 0.0400. The van der Waals surface area contributed by atoms with Gasteiger partial charge >= 0.3 is 0 Å². The van der Waals surface area contributed by atoms with Gasteiger partial charge in [0.1, 0.15) is 5.82 Å². The Morgan fingerprint density at radius 1 is 0.903 bits per heavy atom. The number of amides is 1. The lowest BCUT2D eigenvalue weighted by Gasteiger charge is -2.11. The van der Waals surface area contributed by atoms with Gasteiger partial charge in [0.2, 0.25) is 0 Å². The van der Waals surface area contributed by atoms with Crippen molar-refractivity contribution in [2.75, 3.05) is 11.1 Å². The number of nitrogens with two attached hydrogens (primary N) is 1. The molecule has 4 aromatic rings.